The van der Waals surface area contributed by atoms with Gasteiger partial charge in [-0.05, 0) is 41.3 Å². The maximum atomic E-state index is 13.3. The molecule has 0 bridgehead atoms. The molecule has 0 aliphatic carbocycles. The smallest absolute Gasteiger partial charge is 0.254 e. The first-order chi connectivity index (χ1) is 15.1. The number of thiophene rings is 1. The van der Waals surface area contributed by atoms with Crippen LogP contribution in [-0.4, -0.2) is 48.4 Å². The van der Waals surface area contributed by atoms with Gasteiger partial charge in [-0.25, -0.2) is 0 Å². The first-order valence-corrected chi connectivity index (χ1v) is 11.2. The molecule has 0 aliphatic rings. The van der Waals surface area contributed by atoms with Gasteiger partial charge in [0.15, 0.2) is 0 Å². The van der Waals surface area contributed by atoms with Crippen molar-refractivity contribution in [3.8, 4) is 0 Å². The second kappa shape index (κ2) is 11.6. The molecule has 0 aliphatic heterocycles. The lowest BCUT2D eigenvalue weighted by Crippen LogP contribution is -2.43. The monoisotopic (exact) mass is 456 g/mol. The molecule has 2 amide bonds. The molecule has 7 heteroatoms. The lowest BCUT2D eigenvalue weighted by molar-refractivity contribution is -0.133. The summed E-state index contributed by atoms with van der Waals surface area (Å²) >= 11 is 7.55. The highest BCUT2D eigenvalue weighted by molar-refractivity contribution is 7.09. The SMILES string of the molecule is COCCN(CC(=O)N(Cc1ccccc1)Cc1cccs1)C(=O)c1ccc(Cl)cc1. The highest BCUT2D eigenvalue weighted by Gasteiger charge is 2.23. The largest absolute Gasteiger partial charge is 0.383 e. The number of nitrogens with zero attached hydrogens (tertiary/aromatic N) is 2. The van der Waals surface area contributed by atoms with E-state index in [4.69, 9.17) is 16.3 Å². The van der Waals surface area contributed by atoms with Crippen molar-refractivity contribution >= 4 is 34.8 Å². The molecule has 0 atom stereocenters. The predicted molar refractivity (Wildman–Crippen MR) is 124 cm³/mol. The third-order valence-corrected chi connectivity index (χ3v) is 5.88. The van der Waals surface area contributed by atoms with Crippen molar-refractivity contribution in [3.05, 3.63) is 93.1 Å². The molecule has 5 nitrogen and oxygen atoms in total. The van der Waals surface area contributed by atoms with E-state index in [1.165, 1.54) is 4.90 Å². The Morgan fingerprint density at radius 2 is 1.68 bits per heavy atom. The summed E-state index contributed by atoms with van der Waals surface area (Å²) in [6.07, 6.45) is 0. The van der Waals surface area contributed by atoms with Crippen LogP contribution < -0.4 is 0 Å². The van der Waals surface area contributed by atoms with Crippen LogP contribution in [0.2, 0.25) is 5.02 Å². The average molecular weight is 457 g/mol. The van der Waals surface area contributed by atoms with Crippen molar-refractivity contribution in [1.82, 2.24) is 9.80 Å². The Morgan fingerprint density at radius 3 is 2.32 bits per heavy atom. The van der Waals surface area contributed by atoms with Crippen molar-refractivity contribution in [1.29, 1.82) is 0 Å². The standard InChI is InChI=1S/C24H25ClN2O3S/c1-30-14-13-26(24(29)20-9-11-21(25)12-10-20)18-23(28)27(17-22-8-5-15-31-22)16-19-6-3-2-4-7-19/h2-12,15H,13-14,16-18H2,1H3. The molecule has 0 saturated carbocycles. The van der Waals surface area contributed by atoms with Crippen molar-refractivity contribution < 1.29 is 14.3 Å². The number of ether oxygens (including phenoxy) is 1. The molecule has 3 aromatic rings. The van der Waals surface area contributed by atoms with Gasteiger partial charge in [0.2, 0.25) is 5.91 Å². The van der Waals surface area contributed by atoms with Gasteiger partial charge in [0.1, 0.15) is 6.54 Å². The zero-order chi connectivity index (χ0) is 22.1. The summed E-state index contributed by atoms with van der Waals surface area (Å²) in [6, 6.07) is 20.5. The van der Waals surface area contributed by atoms with E-state index in [9.17, 15) is 9.59 Å². The molecule has 1 aromatic heterocycles. The van der Waals surface area contributed by atoms with Gasteiger partial charge in [0.25, 0.3) is 5.91 Å². The van der Waals surface area contributed by atoms with Crippen molar-refractivity contribution in [2.24, 2.45) is 0 Å². The van der Waals surface area contributed by atoms with Gasteiger partial charge in [-0.3, -0.25) is 9.59 Å². The number of hydrogen-bond acceptors (Lipinski definition) is 4. The molecular formula is C24H25ClN2O3S. The maximum Gasteiger partial charge on any atom is 0.254 e. The van der Waals surface area contributed by atoms with Crippen molar-refractivity contribution in [2.45, 2.75) is 13.1 Å². The minimum atomic E-state index is -0.224. The first kappa shape index (κ1) is 23.0. The summed E-state index contributed by atoms with van der Waals surface area (Å²) in [6.45, 7) is 1.62. The number of benzene rings is 2. The van der Waals surface area contributed by atoms with Crippen LogP contribution in [0.4, 0.5) is 0 Å². The van der Waals surface area contributed by atoms with E-state index in [2.05, 4.69) is 0 Å². The number of methoxy groups -OCH3 is 1. The number of amides is 2. The highest BCUT2D eigenvalue weighted by Crippen LogP contribution is 2.16. The molecule has 1 heterocycles. The Labute approximate surface area is 191 Å². The summed E-state index contributed by atoms with van der Waals surface area (Å²) in [5.74, 6) is -0.339. The van der Waals surface area contributed by atoms with Crippen LogP contribution in [0.5, 0.6) is 0 Å². The van der Waals surface area contributed by atoms with Crippen LogP contribution in [0.3, 0.4) is 0 Å². The Morgan fingerprint density at radius 1 is 0.935 bits per heavy atom. The van der Waals surface area contributed by atoms with Crippen LogP contribution in [0.1, 0.15) is 20.8 Å². The fraction of sp³-hybridized carbons (Fsp3) is 0.250. The Kier molecular flexibility index (Phi) is 8.64. The van der Waals surface area contributed by atoms with E-state index in [0.717, 1.165) is 10.4 Å². The quantitative estimate of drug-likeness (QED) is 0.443. The van der Waals surface area contributed by atoms with E-state index >= 15 is 0 Å². The molecule has 2 aromatic carbocycles. The molecule has 0 saturated heterocycles. The van der Waals surface area contributed by atoms with Crippen LogP contribution >= 0.6 is 22.9 Å². The fourth-order valence-electron chi connectivity index (χ4n) is 3.12. The minimum absolute atomic E-state index is 0.0248. The molecule has 31 heavy (non-hydrogen) atoms. The third kappa shape index (κ3) is 6.92. The molecule has 0 spiro atoms. The molecule has 0 fully saturated rings. The number of carbonyl (C=O) groups is 2. The zero-order valence-corrected chi connectivity index (χ0v) is 18.9. The molecule has 162 valence electrons. The lowest BCUT2D eigenvalue weighted by atomic mass is 10.2. The summed E-state index contributed by atoms with van der Waals surface area (Å²) in [5.41, 5.74) is 1.53. The van der Waals surface area contributed by atoms with Crippen LogP contribution in [0.15, 0.2) is 72.1 Å². The number of halogens is 1. The van der Waals surface area contributed by atoms with Crippen LogP contribution in [0, 0.1) is 0 Å². The topological polar surface area (TPSA) is 49.9 Å². The lowest BCUT2D eigenvalue weighted by Gasteiger charge is -2.27. The van der Waals surface area contributed by atoms with Crippen LogP contribution in [-0.2, 0) is 22.6 Å². The van der Waals surface area contributed by atoms with Crippen molar-refractivity contribution in [3.63, 3.8) is 0 Å². The summed E-state index contributed by atoms with van der Waals surface area (Å²) < 4.78 is 5.16. The molecular weight excluding hydrogens is 432 g/mol. The van der Waals surface area contributed by atoms with Gasteiger partial charge < -0.3 is 14.5 Å². The molecule has 3 rings (SSSR count). The van der Waals surface area contributed by atoms with Gasteiger partial charge in [0, 0.05) is 35.7 Å². The number of carbonyl (C=O) groups excluding carboxylic acids is 2. The first-order valence-electron chi connectivity index (χ1n) is 9.94. The summed E-state index contributed by atoms with van der Waals surface area (Å²) in [4.78, 5) is 30.8. The summed E-state index contributed by atoms with van der Waals surface area (Å²) in [7, 11) is 1.57. The Bertz CT molecular complexity index is 962. The van der Waals surface area contributed by atoms with E-state index in [0.29, 0.717) is 36.8 Å². The van der Waals surface area contributed by atoms with Gasteiger partial charge in [-0.15, -0.1) is 11.3 Å². The zero-order valence-electron chi connectivity index (χ0n) is 17.4. The Hall–Kier alpha value is -2.67. The maximum absolute atomic E-state index is 13.3. The third-order valence-electron chi connectivity index (χ3n) is 4.77. The molecule has 0 unspecified atom stereocenters. The minimum Gasteiger partial charge on any atom is -0.383 e. The van der Waals surface area contributed by atoms with E-state index in [1.807, 2.05) is 47.8 Å². The highest BCUT2D eigenvalue weighted by atomic mass is 35.5. The number of hydrogen-bond donors (Lipinski definition) is 0. The molecule has 0 radical (unpaired) electrons. The van der Waals surface area contributed by atoms with Crippen molar-refractivity contribution in [2.75, 3.05) is 26.8 Å². The summed E-state index contributed by atoms with van der Waals surface area (Å²) in [5, 5.41) is 2.55. The Balaban J connectivity index is 1.77. The van der Waals surface area contributed by atoms with Crippen LogP contribution in [0.25, 0.3) is 0 Å². The van der Waals surface area contributed by atoms with E-state index in [1.54, 1.807) is 47.6 Å². The van der Waals surface area contributed by atoms with Gasteiger partial charge in [-0.1, -0.05) is 48.0 Å². The van der Waals surface area contributed by atoms with E-state index in [-0.39, 0.29) is 18.4 Å². The van der Waals surface area contributed by atoms with Gasteiger partial charge in [-0.2, -0.15) is 0 Å². The number of rotatable bonds is 10. The second-order valence-corrected chi connectivity index (χ2v) is 8.51. The van der Waals surface area contributed by atoms with Gasteiger partial charge in [0.05, 0.1) is 13.2 Å². The van der Waals surface area contributed by atoms with E-state index < -0.39 is 0 Å². The molecule has 0 N–H and O–H groups in total. The van der Waals surface area contributed by atoms with Gasteiger partial charge >= 0.3 is 0 Å². The normalized spacial score (nSPS) is 10.6. The predicted octanol–water partition coefficient (Wildman–Crippen LogP) is 4.72. The second-order valence-electron chi connectivity index (χ2n) is 7.04. The fourth-order valence-corrected chi connectivity index (χ4v) is 3.96. The average Bonchev–Trinajstić information content (AvgIpc) is 3.30.